The molecule has 0 aliphatic heterocycles. The van der Waals surface area contributed by atoms with Gasteiger partial charge in [-0.25, -0.2) is 9.07 Å². The second kappa shape index (κ2) is 5.85. The lowest BCUT2D eigenvalue weighted by Crippen LogP contribution is -2.23. The van der Waals surface area contributed by atoms with Crippen LogP contribution in [-0.2, 0) is 6.54 Å². The van der Waals surface area contributed by atoms with Crippen molar-refractivity contribution < 1.29 is 13.6 Å². The summed E-state index contributed by atoms with van der Waals surface area (Å²) in [6.45, 7) is 2.01. The van der Waals surface area contributed by atoms with Gasteiger partial charge in [-0.05, 0) is 31.2 Å². The van der Waals surface area contributed by atoms with Gasteiger partial charge in [-0.1, -0.05) is 12.1 Å². The van der Waals surface area contributed by atoms with Gasteiger partial charge in [0.25, 0.3) is 5.91 Å². The number of amides is 1. The highest BCUT2D eigenvalue weighted by Crippen LogP contribution is 2.17. The summed E-state index contributed by atoms with van der Waals surface area (Å²) in [6.07, 6.45) is 2.97. The van der Waals surface area contributed by atoms with Gasteiger partial charge in [0.05, 0.1) is 30.3 Å². The number of nitrogens with zero attached hydrogens (tertiary/aromatic N) is 2. The molecule has 0 spiro atoms. The fourth-order valence-corrected chi connectivity index (χ4v) is 2.17. The molecule has 3 aromatic rings. The number of carbonyl (C=O) groups excluding carboxylic acids is 1. The molecule has 3 rings (SSSR count). The standard InChI is InChI=1S/C16H14FN3O2/c1-11-13(16(21)18-9-12-5-4-8-22-12)10-19-20(11)15-7-3-2-6-14(15)17/h2-8,10H,9H2,1H3,(H,18,21). The van der Waals surface area contributed by atoms with Crippen molar-refractivity contribution >= 4 is 5.91 Å². The molecule has 112 valence electrons. The summed E-state index contributed by atoms with van der Waals surface area (Å²) >= 11 is 0. The average Bonchev–Trinajstić information content (AvgIpc) is 3.15. The van der Waals surface area contributed by atoms with Gasteiger partial charge in [0.2, 0.25) is 0 Å². The number of hydrogen-bond acceptors (Lipinski definition) is 3. The fraction of sp³-hybridized carbons (Fsp3) is 0.125. The molecule has 6 heteroatoms. The lowest BCUT2D eigenvalue weighted by atomic mass is 10.2. The zero-order valence-corrected chi connectivity index (χ0v) is 11.9. The zero-order valence-electron chi connectivity index (χ0n) is 11.9. The van der Waals surface area contributed by atoms with Crippen molar-refractivity contribution in [3.8, 4) is 5.69 Å². The second-order valence-corrected chi connectivity index (χ2v) is 4.77. The number of aromatic nitrogens is 2. The van der Waals surface area contributed by atoms with Gasteiger partial charge in [0.1, 0.15) is 17.3 Å². The molecule has 0 atom stereocenters. The maximum atomic E-state index is 13.8. The topological polar surface area (TPSA) is 60.1 Å². The van der Waals surface area contributed by atoms with E-state index in [0.29, 0.717) is 22.7 Å². The molecule has 5 nitrogen and oxygen atoms in total. The van der Waals surface area contributed by atoms with Crippen LogP contribution in [0.2, 0.25) is 0 Å². The van der Waals surface area contributed by atoms with Gasteiger partial charge in [0, 0.05) is 0 Å². The Morgan fingerprint density at radius 1 is 1.32 bits per heavy atom. The minimum atomic E-state index is -0.392. The molecule has 0 radical (unpaired) electrons. The van der Waals surface area contributed by atoms with Crippen LogP contribution < -0.4 is 5.32 Å². The third kappa shape index (κ3) is 2.63. The summed E-state index contributed by atoms with van der Waals surface area (Å²) in [5, 5.41) is 6.85. The highest BCUT2D eigenvalue weighted by atomic mass is 19.1. The quantitative estimate of drug-likeness (QED) is 0.806. The van der Waals surface area contributed by atoms with Gasteiger partial charge >= 0.3 is 0 Å². The first kappa shape index (κ1) is 14.1. The van der Waals surface area contributed by atoms with Gasteiger partial charge in [0.15, 0.2) is 0 Å². The normalized spacial score (nSPS) is 10.6. The smallest absolute Gasteiger partial charge is 0.255 e. The van der Waals surface area contributed by atoms with Crippen molar-refractivity contribution in [1.29, 1.82) is 0 Å². The van der Waals surface area contributed by atoms with Crippen molar-refractivity contribution in [2.75, 3.05) is 0 Å². The SMILES string of the molecule is Cc1c(C(=O)NCc2ccco2)cnn1-c1ccccc1F. The van der Waals surface area contributed by atoms with Gasteiger partial charge in [-0.3, -0.25) is 4.79 Å². The second-order valence-electron chi connectivity index (χ2n) is 4.77. The van der Waals surface area contributed by atoms with E-state index in [0.717, 1.165) is 0 Å². The summed E-state index contributed by atoms with van der Waals surface area (Å²) in [5.41, 5.74) is 1.28. The Bertz CT molecular complexity index is 794. The van der Waals surface area contributed by atoms with E-state index < -0.39 is 5.82 Å². The summed E-state index contributed by atoms with van der Waals surface area (Å²) in [6, 6.07) is 9.82. The molecule has 1 aromatic carbocycles. The van der Waals surface area contributed by atoms with E-state index >= 15 is 0 Å². The van der Waals surface area contributed by atoms with Crippen LogP contribution in [0.25, 0.3) is 5.69 Å². The van der Waals surface area contributed by atoms with E-state index in [4.69, 9.17) is 4.42 Å². The van der Waals surface area contributed by atoms with Crippen LogP contribution in [0.5, 0.6) is 0 Å². The number of para-hydroxylation sites is 1. The largest absolute Gasteiger partial charge is 0.467 e. The molecule has 0 bridgehead atoms. The van der Waals surface area contributed by atoms with E-state index in [1.165, 1.54) is 16.9 Å². The monoisotopic (exact) mass is 299 g/mol. The number of halogens is 1. The van der Waals surface area contributed by atoms with E-state index in [9.17, 15) is 9.18 Å². The van der Waals surface area contributed by atoms with E-state index in [2.05, 4.69) is 10.4 Å². The zero-order chi connectivity index (χ0) is 15.5. The first-order valence-electron chi connectivity index (χ1n) is 6.77. The molecule has 0 saturated carbocycles. The fourth-order valence-electron chi connectivity index (χ4n) is 2.17. The molecular formula is C16H14FN3O2. The lowest BCUT2D eigenvalue weighted by Gasteiger charge is -2.06. The van der Waals surface area contributed by atoms with E-state index in [-0.39, 0.29) is 12.5 Å². The average molecular weight is 299 g/mol. The van der Waals surface area contributed by atoms with Crippen LogP contribution in [0.3, 0.4) is 0 Å². The summed E-state index contributed by atoms with van der Waals surface area (Å²) in [4.78, 5) is 12.2. The van der Waals surface area contributed by atoms with Crippen LogP contribution >= 0.6 is 0 Å². The van der Waals surface area contributed by atoms with Gasteiger partial charge < -0.3 is 9.73 Å². The Hall–Kier alpha value is -2.89. The molecule has 0 aliphatic carbocycles. The maximum absolute atomic E-state index is 13.8. The lowest BCUT2D eigenvalue weighted by molar-refractivity contribution is 0.0947. The van der Waals surface area contributed by atoms with Crippen molar-refractivity contribution in [2.45, 2.75) is 13.5 Å². The number of benzene rings is 1. The highest BCUT2D eigenvalue weighted by molar-refractivity contribution is 5.95. The Balaban J connectivity index is 1.81. The Kier molecular flexibility index (Phi) is 3.74. The van der Waals surface area contributed by atoms with Crippen LogP contribution in [-0.4, -0.2) is 15.7 Å². The van der Waals surface area contributed by atoms with Crippen molar-refractivity contribution in [1.82, 2.24) is 15.1 Å². The number of rotatable bonds is 4. The molecule has 0 unspecified atom stereocenters. The molecule has 22 heavy (non-hydrogen) atoms. The molecule has 2 aromatic heterocycles. The first-order valence-corrected chi connectivity index (χ1v) is 6.77. The van der Waals surface area contributed by atoms with Crippen molar-refractivity contribution in [2.24, 2.45) is 0 Å². The van der Waals surface area contributed by atoms with Gasteiger partial charge in [-0.15, -0.1) is 0 Å². The third-order valence-corrected chi connectivity index (χ3v) is 3.34. The highest BCUT2D eigenvalue weighted by Gasteiger charge is 2.16. The summed E-state index contributed by atoms with van der Waals surface area (Å²) in [7, 11) is 0. The first-order chi connectivity index (χ1) is 10.7. The van der Waals surface area contributed by atoms with Crippen molar-refractivity contribution in [3.05, 3.63) is 71.7 Å². The summed E-state index contributed by atoms with van der Waals surface area (Å²) in [5.74, 6) is -0.0137. The number of carbonyl (C=O) groups is 1. The van der Waals surface area contributed by atoms with Gasteiger partial charge in [-0.2, -0.15) is 5.10 Å². The molecule has 1 amide bonds. The molecule has 2 heterocycles. The molecule has 0 saturated heterocycles. The van der Waals surface area contributed by atoms with Crippen LogP contribution in [0.15, 0.2) is 53.3 Å². The van der Waals surface area contributed by atoms with Crippen LogP contribution in [0.1, 0.15) is 21.8 Å². The predicted octanol–water partition coefficient (Wildman–Crippen LogP) is 2.84. The molecular weight excluding hydrogens is 285 g/mol. The molecule has 1 N–H and O–H groups in total. The van der Waals surface area contributed by atoms with Crippen molar-refractivity contribution in [3.63, 3.8) is 0 Å². The third-order valence-electron chi connectivity index (χ3n) is 3.34. The minimum absolute atomic E-state index is 0.281. The Labute approximate surface area is 126 Å². The summed E-state index contributed by atoms with van der Waals surface area (Å²) < 4.78 is 20.4. The number of furan rings is 1. The number of hydrogen-bond donors (Lipinski definition) is 1. The molecule has 0 aliphatic rings. The Morgan fingerprint density at radius 3 is 2.86 bits per heavy atom. The predicted molar refractivity (Wildman–Crippen MR) is 78.1 cm³/mol. The molecule has 0 fully saturated rings. The maximum Gasteiger partial charge on any atom is 0.255 e. The van der Waals surface area contributed by atoms with Crippen LogP contribution in [0, 0.1) is 12.7 Å². The minimum Gasteiger partial charge on any atom is -0.467 e. The Morgan fingerprint density at radius 2 is 2.14 bits per heavy atom. The van der Waals surface area contributed by atoms with Crippen LogP contribution in [0.4, 0.5) is 4.39 Å². The van der Waals surface area contributed by atoms with E-state index in [1.54, 1.807) is 43.5 Å². The number of nitrogens with one attached hydrogen (secondary N) is 1. The van der Waals surface area contributed by atoms with E-state index in [1.807, 2.05) is 0 Å².